The summed E-state index contributed by atoms with van der Waals surface area (Å²) < 4.78 is 0. The van der Waals surface area contributed by atoms with Gasteiger partial charge in [-0.1, -0.05) is 0 Å². The Hall–Kier alpha value is 0.760. The van der Waals surface area contributed by atoms with Gasteiger partial charge >= 0.3 is 70.8 Å². The second-order valence-corrected chi connectivity index (χ2v) is 10.4. The van der Waals surface area contributed by atoms with Gasteiger partial charge in [0.2, 0.25) is 0 Å². The van der Waals surface area contributed by atoms with E-state index in [1.54, 1.807) is 28.5 Å². The van der Waals surface area contributed by atoms with Crippen molar-refractivity contribution in [3.63, 3.8) is 0 Å². The van der Waals surface area contributed by atoms with Gasteiger partial charge in [-0.15, -0.1) is 40.4 Å². The van der Waals surface area contributed by atoms with Gasteiger partial charge in [0.1, 0.15) is 0 Å². The maximum Gasteiger partial charge on any atom is -0.109 e. The van der Waals surface area contributed by atoms with Crippen LogP contribution in [0.25, 0.3) is 0 Å². The summed E-state index contributed by atoms with van der Waals surface area (Å²) in [6.45, 7) is 2.35. The molecule has 4 heteroatoms. The fourth-order valence-corrected chi connectivity index (χ4v) is 2.95. The third-order valence-corrected chi connectivity index (χ3v) is 5.12. The summed E-state index contributed by atoms with van der Waals surface area (Å²) in [5, 5.41) is 1.56. The summed E-state index contributed by atoms with van der Waals surface area (Å²) in [7, 11) is 0. The molecule has 0 bridgehead atoms. The largest absolute Gasteiger partial charge is 0.358 e. The second-order valence-electron chi connectivity index (χ2n) is 2.99. The first kappa shape index (κ1) is 27.2. The molecule has 1 aliphatic carbocycles. The Kier molecular flexibility index (Phi) is 26.8. The first-order valence-electron chi connectivity index (χ1n) is 4.63. The van der Waals surface area contributed by atoms with Crippen molar-refractivity contribution >= 4 is 44.6 Å². The molecule has 102 valence electrons. The molecule has 0 atom stereocenters. The van der Waals surface area contributed by atoms with Crippen LogP contribution in [-0.4, -0.2) is 5.43 Å². The predicted molar refractivity (Wildman–Crippen MR) is 92.7 cm³/mol. The van der Waals surface area contributed by atoms with E-state index >= 15 is 0 Å². The van der Waals surface area contributed by atoms with E-state index in [9.17, 15) is 0 Å². The van der Waals surface area contributed by atoms with Crippen LogP contribution in [0.4, 0.5) is 0 Å². The summed E-state index contributed by atoms with van der Waals surface area (Å²) >= 11 is 1.69. The standard InChI is InChI=1S/C7H8Si.C5H5.2CH3.2BrH.Zr/c1-8-7-5-3-2-4-6-7;1-2-4-5-3-1;;;;;/h2-6H,1H3;1-3H,4H2;2*1H3;2*1H;/q;3*-1;;;. The van der Waals surface area contributed by atoms with Crippen molar-refractivity contribution < 1.29 is 23.3 Å². The van der Waals surface area contributed by atoms with E-state index < -0.39 is 0 Å². The van der Waals surface area contributed by atoms with E-state index in [0.29, 0.717) is 0 Å². The van der Waals surface area contributed by atoms with Gasteiger partial charge in [-0.05, 0) is 0 Å². The molecule has 1 aromatic rings. The topological polar surface area (TPSA) is 0 Å². The van der Waals surface area contributed by atoms with Crippen molar-refractivity contribution in [1.82, 2.24) is 0 Å². The van der Waals surface area contributed by atoms with E-state index in [0.717, 1.165) is 6.42 Å². The van der Waals surface area contributed by atoms with Gasteiger partial charge in [0.25, 0.3) is 0 Å². The van der Waals surface area contributed by atoms with Crippen LogP contribution < -0.4 is 5.19 Å². The monoisotopic (exact) mass is 465 g/mol. The Morgan fingerprint density at radius 1 is 1.11 bits per heavy atom. The van der Waals surface area contributed by atoms with E-state index in [2.05, 4.69) is 49.0 Å². The number of hydrogen-bond donors (Lipinski definition) is 0. The summed E-state index contributed by atoms with van der Waals surface area (Å²) in [5.74, 6) is 0. The van der Waals surface area contributed by atoms with E-state index in [1.165, 1.54) is 0 Å². The molecule has 0 nitrogen and oxygen atoms in total. The van der Waals surface area contributed by atoms with Crippen LogP contribution in [0.5, 0.6) is 0 Å². The fraction of sp³-hybridized carbons (Fsp3) is 0.143. The minimum absolute atomic E-state index is 0. The van der Waals surface area contributed by atoms with Gasteiger partial charge in [-0.3, -0.25) is 6.08 Å². The van der Waals surface area contributed by atoms with E-state index in [1.807, 2.05) is 12.2 Å². The van der Waals surface area contributed by atoms with Crippen molar-refractivity contribution in [3.05, 3.63) is 69.5 Å². The molecule has 18 heavy (non-hydrogen) atoms. The molecule has 0 saturated heterocycles. The maximum absolute atomic E-state index is 2.99. The Balaban J connectivity index is -0.0000000969. The van der Waals surface area contributed by atoms with Crippen LogP contribution in [-0.2, 0) is 23.3 Å². The Bertz CT molecular complexity index is 338. The Morgan fingerprint density at radius 3 is 1.89 bits per heavy atom. The van der Waals surface area contributed by atoms with Crippen LogP contribution in [0, 0.1) is 20.9 Å². The molecule has 0 aromatic heterocycles. The number of halogens is 2. The molecule has 0 aliphatic heterocycles. The minimum Gasteiger partial charge on any atom is -0.358 e. The van der Waals surface area contributed by atoms with Gasteiger partial charge < -0.3 is 14.9 Å². The molecule has 0 saturated carbocycles. The van der Waals surface area contributed by atoms with E-state index in [4.69, 9.17) is 0 Å². The first-order valence-corrected chi connectivity index (χ1v) is 10.3. The normalized spacial score (nSPS) is 9.33. The summed E-state index contributed by atoms with van der Waals surface area (Å²) in [5.41, 5.74) is -0.122. The molecule has 0 spiro atoms. The van der Waals surface area contributed by atoms with Gasteiger partial charge in [0.05, 0.1) is 0 Å². The fourth-order valence-electron chi connectivity index (χ4n) is 1.03. The van der Waals surface area contributed by atoms with Crippen LogP contribution in [0.15, 0.2) is 48.6 Å². The maximum atomic E-state index is 2.99. The van der Waals surface area contributed by atoms with Crippen LogP contribution in [0.2, 0.25) is 6.55 Å². The molecule has 0 fully saturated rings. The number of allylic oxidation sites excluding steroid dienone is 4. The van der Waals surface area contributed by atoms with Crippen LogP contribution in [0.3, 0.4) is 0 Å². The molecule has 0 radical (unpaired) electrons. The average molecular weight is 468 g/mol. The van der Waals surface area contributed by atoms with Crippen molar-refractivity contribution in [2.75, 3.05) is 0 Å². The molecular weight excluding hydrogens is 447 g/mol. The molecular formula is C14H21Br2SiZr-3. The number of hydrogen-bond acceptors (Lipinski definition) is 0. The van der Waals surface area contributed by atoms with Gasteiger partial charge in [0, 0.05) is 0 Å². The number of rotatable bonds is 1. The van der Waals surface area contributed by atoms with Crippen LogP contribution in [0.1, 0.15) is 6.42 Å². The van der Waals surface area contributed by atoms with Gasteiger partial charge in [-0.25, -0.2) is 12.2 Å². The molecule has 1 aliphatic rings. The van der Waals surface area contributed by atoms with Crippen molar-refractivity contribution in [3.8, 4) is 0 Å². The van der Waals surface area contributed by atoms with Gasteiger partial charge in [0.15, 0.2) is 0 Å². The molecule has 1 aromatic carbocycles. The zero-order chi connectivity index (χ0) is 10.2. The zero-order valence-corrected chi connectivity index (χ0v) is 18.0. The molecule has 2 rings (SSSR count). The molecule has 0 unspecified atom stereocenters. The number of benzene rings is 1. The first-order chi connectivity index (χ1) is 6.80. The van der Waals surface area contributed by atoms with Crippen molar-refractivity contribution in [2.24, 2.45) is 0 Å². The minimum atomic E-state index is -0.122. The van der Waals surface area contributed by atoms with Crippen molar-refractivity contribution in [1.29, 1.82) is 0 Å². The van der Waals surface area contributed by atoms with E-state index in [-0.39, 0.29) is 54.2 Å². The average Bonchev–Trinajstić information content (AvgIpc) is 2.77. The molecule has 0 N–H and O–H groups in total. The molecule has 0 heterocycles. The Labute approximate surface area is 149 Å². The quantitative estimate of drug-likeness (QED) is 0.423. The van der Waals surface area contributed by atoms with Crippen LogP contribution >= 0.6 is 34.0 Å². The second kappa shape index (κ2) is 17.8. The zero-order valence-electron chi connectivity index (χ0n) is 11.1. The van der Waals surface area contributed by atoms with Gasteiger partial charge in [-0.2, -0.15) is 6.08 Å². The third kappa shape index (κ3) is 13.2. The smallest absolute Gasteiger partial charge is 0.109 e. The Morgan fingerprint density at radius 2 is 1.67 bits per heavy atom. The predicted octanol–water partition coefficient (Wildman–Crippen LogP) is 4.42. The van der Waals surface area contributed by atoms with Crippen molar-refractivity contribution in [2.45, 2.75) is 13.0 Å². The summed E-state index contributed by atoms with van der Waals surface area (Å²) in [4.78, 5) is 0. The third-order valence-electron chi connectivity index (χ3n) is 1.79. The SMILES string of the molecule is Br.Br.C[Si](=[Zr])c1ccccc1.[C-]1=CC=CC1.[CH3-].[CH3-]. The molecule has 0 amide bonds. The summed E-state index contributed by atoms with van der Waals surface area (Å²) in [6, 6.07) is 10.8. The summed E-state index contributed by atoms with van der Waals surface area (Å²) in [6.07, 6.45) is 10.0.